The minimum atomic E-state index is -0.531. The van der Waals surface area contributed by atoms with Gasteiger partial charge in [-0.25, -0.2) is 0 Å². The van der Waals surface area contributed by atoms with Gasteiger partial charge in [0.05, 0.1) is 12.0 Å². The van der Waals surface area contributed by atoms with Crippen molar-refractivity contribution in [3.05, 3.63) is 108 Å². The summed E-state index contributed by atoms with van der Waals surface area (Å²) in [5.74, 6) is 0.172. The average Bonchev–Trinajstić information content (AvgIpc) is 2.92. The third kappa shape index (κ3) is 3.31. The highest BCUT2D eigenvalue weighted by molar-refractivity contribution is 6.07. The highest BCUT2D eigenvalue weighted by atomic mass is 16.2. The standard InChI is InChI=1S/C25H23NO/c1-25(18-10-15-20-11-4-2-5-12-20)22-16-8-9-17-23(22)26(24(25)27)19-21-13-6-3-7-14-21/h2-17H,18-19H2,1H3/b15-10+. The van der Waals surface area contributed by atoms with Gasteiger partial charge in [-0.15, -0.1) is 0 Å². The van der Waals surface area contributed by atoms with Crippen LogP contribution in [0.4, 0.5) is 5.69 Å². The van der Waals surface area contributed by atoms with Crippen LogP contribution >= 0.6 is 0 Å². The van der Waals surface area contributed by atoms with Crippen LogP contribution in [0.5, 0.6) is 0 Å². The number of para-hydroxylation sites is 1. The molecule has 0 N–H and O–H groups in total. The number of carbonyl (C=O) groups excluding carboxylic acids is 1. The van der Waals surface area contributed by atoms with Gasteiger partial charge in [0.15, 0.2) is 0 Å². The van der Waals surface area contributed by atoms with Crippen molar-refractivity contribution in [1.29, 1.82) is 0 Å². The van der Waals surface area contributed by atoms with Crippen molar-refractivity contribution < 1.29 is 4.79 Å². The van der Waals surface area contributed by atoms with Crippen LogP contribution in [0.3, 0.4) is 0 Å². The van der Waals surface area contributed by atoms with Gasteiger partial charge in [0, 0.05) is 5.69 Å². The number of amides is 1. The molecule has 1 unspecified atom stereocenters. The van der Waals surface area contributed by atoms with E-state index in [0.29, 0.717) is 13.0 Å². The Hall–Kier alpha value is -3.13. The SMILES string of the molecule is CC1(C/C=C/c2ccccc2)C(=O)N(Cc2ccccc2)c2ccccc21. The zero-order valence-corrected chi connectivity index (χ0v) is 15.5. The van der Waals surface area contributed by atoms with Gasteiger partial charge >= 0.3 is 0 Å². The van der Waals surface area contributed by atoms with Gasteiger partial charge in [-0.1, -0.05) is 91.0 Å². The monoisotopic (exact) mass is 353 g/mol. The fourth-order valence-electron chi connectivity index (χ4n) is 3.81. The lowest BCUT2D eigenvalue weighted by molar-refractivity contribution is -0.122. The van der Waals surface area contributed by atoms with E-state index in [-0.39, 0.29) is 5.91 Å². The molecule has 3 aromatic rings. The van der Waals surface area contributed by atoms with Crippen molar-refractivity contribution in [3.63, 3.8) is 0 Å². The second-order valence-electron chi connectivity index (χ2n) is 7.24. The predicted molar refractivity (Wildman–Crippen MR) is 112 cm³/mol. The lowest BCUT2D eigenvalue weighted by Crippen LogP contribution is -2.37. The van der Waals surface area contributed by atoms with Gasteiger partial charge in [0.1, 0.15) is 0 Å². The number of anilines is 1. The third-order valence-electron chi connectivity index (χ3n) is 5.33. The molecule has 1 aliphatic rings. The average molecular weight is 353 g/mol. The number of nitrogens with zero attached hydrogens (tertiary/aromatic N) is 1. The van der Waals surface area contributed by atoms with Crippen molar-refractivity contribution in [2.24, 2.45) is 0 Å². The number of allylic oxidation sites excluding steroid dienone is 1. The summed E-state index contributed by atoms with van der Waals surface area (Å²) in [5, 5.41) is 0. The molecule has 0 aromatic heterocycles. The number of fused-ring (bicyclic) bond motifs is 1. The summed E-state index contributed by atoms with van der Waals surface area (Å²) >= 11 is 0. The van der Waals surface area contributed by atoms with Gasteiger partial charge in [0.25, 0.3) is 0 Å². The van der Waals surface area contributed by atoms with E-state index in [1.165, 1.54) is 0 Å². The molecule has 0 bridgehead atoms. The molecule has 0 saturated carbocycles. The fourth-order valence-corrected chi connectivity index (χ4v) is 3.81. The first kappa shape index (κ1) is 17.3. The van der Waals surface area contributed by atoms with Crippen LogP contribution in [0, 0.1) is 0 Å². The molecule has 0 spiro atoms. The Morgan fingerprint density at radius 3 is 2.22 bits per heavy atom. The summed E-state index contributed by atoms with van der Waals surface area (Å²) in [5.41, 5.74) is 3.91. The number of hydrogen-bond acceptors (Lipinski definition) is 1. The molecule has 1 aliphatic heterocycles. The first-order valence-corrected chi connectivity index (χ1v) is 9.35. The van der Waals surface area contributed by atoms with Crippen LogP contribution in [-0.4, -0.2) is 5.91 Å². The molecule has 2 nitrogen and oxygen atoms in total. The Balaban J connectivity index is 1.63. The molecule has 0 aliphatic carbocycles. The Kier molecular flexibility index (Phi) is 4.64. The second kappa shape index (κ2) is 7.24. The summed E-state index contributed by atoms with van der Waals surface area (Å²) < 4.78 is 0. The number of benzene rings is 3. The molecule has 3 aromatic carbocycles. The molecule has 134 valence electrons. The summed E-state index contributed by atoms with van der Waals surface area (Å²) in [6, 6.07) is 28.6. The Morgan fingerprint density at radius 1 is 0.852 bits per heavy atom. The molecular weight excluding hydrogens is 330 g/mol. The minimum absolute atomic E-state index is 0.172. The molecule has 4 rings (SSSR count). The Bertz CT molecular complexity index is 962. The highest BCUT2D eigenvalue weighted by Gasteiger charge is 2.46. The molecule has 0 fully saturated rings. The van der Waals surface area contributed by atoms with E-state index in [0.717, 1.165) is 22.4 Å². The fraction of sp³-hybridized carbons (Fsp3) is 0.160. The van der Waals surface area contributed by atoms with Crippen LogP contribution in [0.15, 0.2) is 91.0 Å². The predicted octanol–water partition coefficient (Wildman–Crippen LogP) is 5.59. The molecule has 1 atom stereocenters. The van der Waals surface area contributed by atoms with E-state index in [2.05, 4.69) is 55.5 Å². The largest absolute Gasteiger partial charge is 0.307 e. The van der Waals surface area contributed by atoms with Crippen molar-refractivity contribution in [2.75, 3.05) is 4.90 Å². The third-order valence-corrected chi connectivity index (χ3v) is 5.33. The lowest BCUT2D eigenvalue weighted by atomic mass is 9.80. The quantitative estimate of drug-likeness (QED) is 0.585. The first-order chi connectivity index (χ1) is 13.2. The van der Waals surface area contributed by atoms with Gasteiger partial charge in [-0.3, -0.25) is 4.79 Å². The molecule has 27 heavy (non-hydrogen) atoms. The van der Waals surface area contributed by atoms with Crippen molar-refractivity contribution in [3.8, 4) is 0 Å². The van der Waals surface area contributed by atoms with Crippen molar-refractivity contribution in [2.45, 2.75) is 25.3 Å². The summed E-state index contributed by atoms with van der Waals surface area (Å²) in [6.45, 7) is 2.67. The van der Waals surface area contributed by atoms with E-state index >= 15 is 0 Å². The zero-order chi connectivity index (χ0) is 18.7. The molecule has 0 saturated heterocycles. The van der Waals surface area contributed by atoms with Crippen molar-refractivity contribution >= 4 is 17.7 Å². The number of carbonyl (C=O) groups is 1. The summed E-state index contributed by atoms with van der Waals surface area (Å²) in [6.07, 6.45) is 4.90. The van der Waals surface area contributed by atoms with Crippen LogP contribution in [0.25, 0.3) is 6.08 Å². The van der Waals surface area contributed by atoms with Crippen LogP contribution in [0.2, 0.25) is 0 Å². The molecule has 1 amide bonds. The van der Waals surface area contributed by atoms with E-state index in [1.54, 1.807) is 0 Å². The van der Waals surface area contributed by atoms with Gasteiger partial charge < -0.3 is 4.90 Å². The van der Waals surface area contributed by atoms with Crippen LogP contribution < -0.4 is 4.90 Å². The maximum atomic E-state index is 13.4. The lowest BCUT2D eigenvalue weighted by Gasteiger charge is -2.23. The maximum absolute atomic E-state index is 13.4. The molecule has 0 radical (unpaired) electrons. The van der Waals surface area contributed by atoms with E-state index in [1.807, 2.05) is 53.4 Å². The maximum Gasteiger partial charge on any atom is 0.238 e. The smallest absolute Gasteiger partial charge is 0.238 e. The number of rotatable bonds is 5. The Morgan fingerprint density at radius 2 is 1.48 bits per heavy atom. The first-order valence-electron chi connectivity index (χ1n) is 9.35. The van der Waals surface area contributed by atoms with Crippen molar-refractivity contribution in [1.82, 2.24) is 0 Å². The van der Waals surface area contributed by atoms with Crippen LogP contribution in [0.1, 0.15) is 30.0 Å². The topological polar surface area (TPSA) is 20.3 Å². The second-order valence-corrected chi connectivity index (χ2v) is 7.24. The van der Waals surface area contributed by atoms with Gasteiger partial charge in [0.2, 0.25) is 5.91 Å². The normalized spacial score (nSPS) is 18.9. The highest BCUT2D eigenvalue weighted by Crippen LogP contribution is 2.44. The van der Waals surface area contributed by atoms with E-state index < -0.39 is 5.41 Å². The summed E-state index contributed by atoms with van der Waals surface area (Å²) in [7, 11) is 0. The van der Waals surface area contributed by atoms with E-state index in [9.17, 15) is 4.79 Å². The van der Waals surface area contributed by atoms with Crippen LogP contribution in [-0.2, 0) is 16.8 Å². The van der Waals surface area contributed by atoms with E-state index in [4.69, 9.17) is 0 Å². The zero-order valence-electron chi connectivity index (χ0n) is 15.5. The number of hydrogen-bond donors (Lipinski definition) is 0. The Labute approximate surface area is 160 Å². The van der Waals surface area contributed by atoms with Gasteiger partial charge in [-0.05, 0) is 36.1 Å². The van der Waals surface area contributed by atoms with Gasteiger partial charge in [-0.2, -0.15) is 0 Å². The molecule has 2 heteroatoms. The minimum Gasteiger partial charge on any atom is -0.307 e. The summed E-state index contributed by atoms with van der Waals surface area (Å²) in [4.78, 5) is 15.4. The molecular formula is C25H23NO. The molecule has 1 heterocycles.